The third-order valence-electron chi connectivity index (χ3n) is 4.54. The number of aryl methyl sites for hydroxylation is 1. The van der Waals surface area contributed by atoms with Crippen LogP contribution in [-0.2, 0) is 12.0 Å². The predicted molar refractivity (Wildman–Crippen MR) is 99.1 cm³/mol. The van der Waals surface area contributed by atoms with Gasteiger partial charge in [-0.3, -0.25) is 10.00 Å². The van der Waals surface area contributed by atoms with Crippen LogP contribution in [0.2, 0.25) is 0 Å². The Labute approximate surface area is 152 Å². The van der Waals surface area contributed by atoms with E-state index in [1.807, 2.05) is 15.8 Å². The molecule has 3 heterocycles. The van der Waals surface area contributed by atoms with Crippen LogP contribution >= 0.6 is 11.5 Å². The molecule has 1 saturated heterocycles. The molecule has 0 aliphatic carbocycles. The molecular formula is C17H26N6OS. The minimum Gasteiger partial charge on any atom is -0.324 e. The van der Waals surface area contributed by atoms with Crippen LogP contribution < -0.4 is 5.32 Å². The van der Waals surface area contributed by atoms with E-state index in [1.54, 1.807) is 0 Å². The smallest absolute Gasteiger partial charge is 0.323 e. The number of anilines is 1. The fraction of sp³-hybridized carbons (Fsp3) is 0.647. The summed E-state index contributed by atoms with van der Waals surface area (Å²) in [6.07, 6.45) is 6.01. The van der Waals surface area contributed by atoms with Crippen LogP contribution in [0.15, 0.2) is 12.4 Å². The summed E-state index contributed by atoms with van der Waals surface area (Å²) in [6.45, 7) is 10.7. The highest BCUT2D eigenvalue weighted by Crippen LogP contribution is 2.28. The van der Waals surface area contributed by atoms with Crippen molar-refractivity contribution in [3.05, 3.63) is 23.8 Å². The van der Waals surface area contributed by atoms with Gasteiger partial charge >= 0.3 is 6.03 Å². The Morgan fingerprint density at radius 1 is 1.36 bits per heavy atom. The topological polar surface area (TPSA) is 75.9 Å². The molecular weight excluding hydrogens is 336 g/mol. The molecule has 25 heavy (non-hydrogen) atoms. The van der Waals surface area contributed by atoms with Gasteiger partial charge in [-0.15, -0.1) is 0 Å². The number of aromatic nitrogens is 4. The van der Waals surface area contributed by atoms with E-state index in [9.17, 15) is 4.79 Å². The molecule has 1 aliphatic rings. The number of carbonyl (C=O) groups excluding carboxylic acids is 1. The number of hydrogen-bond donors (Lipinski definition) is 1. The molecule has 0 spiro atoms. The van der Waals surface area contributed by atoms with E-state index in [-0.39, 0.29) is 11.4 Å². The maximum Gasteiger partial charge on any atom is 0.323 e. The van der Waals surface area contributed by atoms with Crippen molar-refractivity contribution in [2.75, 3.05) is 18.4 Å². The zero-order valence-corrected chi connectivity index (χ0v) is 16.1. The Morgan fingerprint density at radius 2 is 2.08 bits per heavy atom. The number of amides is 2. The van der Waals surface area contributed by atoms with Gasteiger partial charge in [0, 0.05) is 42.8 Å². The minimum atomic E-state index is -0.110. The molecule has 7 nitrogen and oxygen atoms in total. The van der Waals surface area contributed by atoms with Crippen molar-refractivity contribution in [2.24, 2.45) is 0 Å². The van der Waals surface area contributed by atoms with Gasteiger partial charge in [-0.25, -0.2) is 9.78 Å². The number of nitrogens with one attached hydrogen (secondary N) is 1. The molecule has 1 aliphatic heterocycles. The van der Waals surface area contributed by atoms with Gasteiger partial charge in [0.1, 0.15) is 5.82 Å². The SMILES string of the molecule is CCn1cc(C2CCN(C(=O)Nc3nc(C(C)(C)C)ns3)CC2)cn1. The van der Waals surface area contributed by atoms with Crippen LogP contribution in [0.4, 0.5) is 9.93 Å². The predicted octanol–water partition coefficient (Wildman–Crippen LogP) is 3.46. The molecule has 0 aromatic carbocycles. The van der Waals surface area contributed by atoms with Gasteiger partial charge in [0.2, 0.25) is 5.13 Å². The number of likely N-dealkylation sites (tertiary alicyclic amines) is 1. The van der Waals surface area contributed by atoms with Crippen LogP contribution in [0.25, 0.3) is 0 Å². The largest absolute Gasteiger partial charge is 0.324 e. The number of nitrogens with zero attached hydrogens (tertiary/aromatic N) is 5. The summed E-state index contributed by atoms with van der Waals surface area (Å²) in [7, 11) is 0. The second-order valence-corrected chi connectivity index (χ2v) is 8.25. The summed E-state index contributed by atoms with van der Waals surface area (Å²) in [5.74, 6) is 1.25. The van der Waals surface area contributed by atoms with Crippen molar-refractivity contribution in [2.45, 2.75) is 58.4 Å². The van der Waals surface area contributed by atoms with Crippen LogP contribution in [0.3, 0.4) is 0 Å². The summed E-state index contributed by atoms with van der Waals surface area (Å²) in [5, 5.41) is 7.81. The Hall–Kier alpha value is -1.96. The highest BCUT2D eigenvalue weighted by Gasteiger charge is 2.26. The quantitative estimate of drug-likeness (QED) is 0.907. The fourth-order valence-electron chi connectivity index (χ4n) is 2.93. The molecule has 2 aromatic rings. The van der Waals surface area contributed by atoms with E-state index in [1.165, 1.54) is 17.1 Å². The lowest BCUT2D eigenvalue weighted by molar-refractivity contribution is 0.194. The second kappa shape index (κ2) is 7.11. The summed E-state index contributed by atoms with van der Waals surface area (Å²) in [4.78, 5) is 18.7. The lowest BCUT2D eigenvalue weighted by Gasteiger charge is -2.31. The van der Waals surface area contributed by atoms with Gasteiger partial charge in [0.05, 0.1) is 6.20 Å². The van der Waals surface area contributed by atoms with E-state index in [2.05, 4.69) is 53.7 Å². The average Bonchev–Trinajstić information content (AvgIpc) is 3.23. The van der Waals surface area contributed by atoms with E-state index in [0.717, 1.165) is 38.3 Å². The fourth-order valence-corrected chi connectivity index (χ4v) is 3.68. The minimum absolute atomic E-state index is 0.0840. The highest BCUT2D eigenvalue weighted by molar-refractivity contribution is 7.09. The summed E-state index contributed by atoms with van der Waals surface area (Å²) >= 11 is 1.24. The molecule has 1 N–H and O–H groups in total. The summed E-state index contributed by atoms with van der Waals surface area (Å²) in [5.41, 5.74) is 1.17. The first-order valence-electron chi connectivity index (χ1n) is 8.79. The van der Waals surface area contributed by atoms with Gasteiger partial charge in [0.25, 0.3) is 0 Å². The van der Waals surface area contributed by atoms with E-state index in [0.29, 0.717) is 11.0 Å². The average molecular weight is 363 g/mol. The molecule has 3 rings (SSSR count). The van der Waals surface area contributed by atoms with Gasteiger partial charge in [-0.1, -0.05) is 20.8 Å². The van der Waals surface area contributed by atoms with Crippen molar-refractivity contribution >= 4 is 22.7 Å². The first kappa shape index (κ1) is 17.8. The number of urea groups is 1. The lowest BCUT2D eigenvalue weighted by atomic mass is 9.92. The maximum atomic E-state index is 12.5. The molecule has 0 radical (unpaired) electrons. The van der Waals surface area contributed by atoms with Crippen molar-refractivity contribution in [3.8, 4) is 0 Å². The lowest BCUT2D eigenvalue weighted by Crippen LogP contribution is -2.40. The van der Waals surface area contributed by atoms with Crippen LogP contribution in [-0.4, -0.2) is 43.2 Å². The summed E-state index contributed by atoms with van der Waals surface area (Å²) in [6, 6.07) is -0.0840. The van der Waals surface area contributed by atoms with Crippen molar-refractivity contribution in [1.82, 2.24) is 24.0 Å². The number of carbonyl (C=O) groups is 1. The van der Waals surface area contributed by atoms with E-state index in [4.69, 9.17) is 0 Å². The molecule has 2 amide bonds. The third-order valence-corrected chi connectivity index (χ3v) is 5.17. The zero-order chi connectivity index (χ0) is 18.0. The Balaban J connectivity index is 1.54. The molecule has 8 heteroatoms. The van der Waals surface area contributed by atoms with Gasteiger partial charge in [0.15, 0.2) is 0 Å². The van der Waals surface area contributed by atoms with E-state index >= 15 is 0 Å². The molecule has 0 atom stereocenters. The van der Waals surface area contributed by atoms with Crippen LogP contribution in [0, 0.1) is 0 Å². The Morgan fingerprint density at radius 3 is 2.64 bits per heavy atom. The Bertz CT molecular complexity index is 724. The molecule has 0 saturated carbocycles. The normalized spacial score (nSPS) is 16.2. The van der Waals surface area contributed by atoms with Crippen LogP contribution in [0.5, 0.6) is 0 Å². The standard InChI is InChI=1S/C17H26N6OS/c1-5-23-11-13(10-18-23)12-6-8-22(9-7-12)16(24)20-15-19-14(21-25-15)17(2,3)4/h10-12H,5-9H2,1-4H3,(H,19,20,21,24). The van der Waals surface area contributed by atoms with E-state index < -0.39 is 0 Å². The zero-order valence-electron chi connectivity index (χ0n) is 15.3. The monoisotopic (exact) mass is 362 g/mol. The first-order chi connectivity index (χ1) is 11.9. The summed E-state index contributed by atoms with van der Waals surface area (Å²) < 4.78 is 6.29. The van der Waals surface area contributed by atoms with Crippen LogP contribution in [0.1, 0.15) is 57.8 Å². The maximum absolute atomic E-state index is 12.5. The second-order valence-electron chi connectivity index (χ2n) is 7.49. The highest BCUT2D eigenvalue weighted by atomic mass is 32.1. The van der Waals surface area contributed by atoms with Crippen molar-refractivity contribution < 1.29 is 4.79 Å². The van der Waals surface area contributed by atoms with Gasteiger partial charge in [-0.05, 0) is 31.2 Å². The third kappa shape index (κ3) is 4.18. The molecule has 0 bridgehead atoms. The van der Waals surface area contributed by atoms with Gasteiger partial charge in [-0.2, -0.15) is 9.47 Å². The molecule has 1 fully saturated rings. The molecule has 136 valence electrons. The molecule has 2 aromatic heterocycles. The van der Waals surface area contributed by atoms with Crippen molar-refractivity contribution in [1.29, 1.82) is 0 Å². The van der Waals surface area contributed by atoms with Gasteiger partial charge < -0.3 is 4.90 Å². The number of hydrogen-bond acceptors (Lipinski definition) is 5. The first-order valence-corrected chi connectivity index (χ1v) is 9.56. The Kier molecular flexibility index (Phi) is 5.08. The number of rotatable bonds is 3. The number of piperidine rings is 1. The molecule has 0 unspecified atom stereocenters. The van der Waals surface area contributed by atoms with Crippen molar-refractivity contribution in [3.63, 3.8) is 0 Å².